The number of amides is 1. The summed E-state index contributed by atoms with van der Waals surface area (Å²) in [6.45, 7) is 1.67. The van der Waals surface area contributed by atoms with Crippen molar-refractivity contribution in [3.8, 4) is 0 Å². The highest BCUT2D eigenvalue weighted by Gasteiger charge is 2.49. The highest BCUT2D eigenvalue weighted by atomic mass is 32.2. The molecule has 40 heavy (non-hydrogen) atoms. The van der Waals surface area contributed by atoms with Crippen molar-refractivity contribution < 1.29 is 23.5 Å². The second-order valence-electron chi connectivity index (χ2n) is 8.90. The lowest BCUT2D eigenvalue weighted by atomic mass is 9.96. The molecule has 12 heteroatoms. The Hall–Kier alpha value is -4.42. The number of thioether (sulfide) groups is 1. The summed E-state index contributed by atoms with van der Waals surface area (Å²) in [5.41, 5.74) is 1.35. The minimum atomic E-state index is -1.31. The number of halogens is 2. The van der Waals surface area contributed by atoms with Crippen LogP contribution in [0, 0.1) is 18.6 Å². The number of hydrogen-bond acceptors (Lipinski definition) is 8. The minimum absolute atomic E-state index is 0.00508. The van der Waals surface area contributed by atoms with Gasteiger partial charge in [0.15, 0.2) is 10.1 Å². The number of imidazole rings is 1. The number of carbonyl (C=O) groups is 2. The number of fused-ring (bicyclic) bond motifs is 1. The van der Waals surface area contributed by atoms with Crippen molar-refractivity contribution in [2.75, 3.05) is 4.90 Å². The van der Waals surface area contributed by atoms with Gasteiger partial charge in [-0.25, -0.2) is 13.8 Å². The Kier molecular flexibility index (Phi) is 6.64. The Morgan fingerprint density at radius 1 is 1.00 bits per heavy atom. The third-order valence-electron chi connectivity index (χ3n) is 6.48. The van der Waals surface area contributed by atoms with Crippen molar-refractivity contribution in [2.24, 2.45) is 0 Å². The zero-order valence-electron chi connectivity index (χ0n) is 20.8. The molecule has 2 aromatic carbocycles. The zero-order valence-corrected chi connectivity index (χ0v) is 22.4. The molecule has 1 aliphatic rings. The maximum atomic E-state index is 15.2. The number of anilines is 1. The first-order chi connectivity index (χ1) is 19.3. The summed E-state index contributed by atoms with van der Waals surface area (Å²) in [7, 11) is 0. The van der Waals surface area contributed by atoms with E-state index in [-0.39, 0.29) is 33.5 Å². The number of rotatable bonds is 6. The van der Waals surface area contributed by atoms with Gasteiger partial charge in [0, 0.05) is 17.5 Å². The summed E-state index contributed by atoms with van der Waals surface area (Å²) in [5, 5.41) is 19.8. The van der Waals surface area contributed by atoms with Crippen molar-refractivity contribution in [3.05, 3.63) is 113 Å². The lowest BCUT2D eigenvalue weighted by Gasteiger charge is -2.22. The number of aromatic nitrogens is 4. The molecule has 0 spiro atoms. The fourth-order valence-corrected chi connectivity index (χ4v) is 6.51. The van der Waals surface area contributed by atoms with Crippen LogP contribution in [0.1, 0.15) is 28.6 Å². The number of ketones is 1. The first-order valence-electron chi connectivity index (χ1n) is 12.0. The van der Waals surface area contributed by atoms with Gasteiger partial charge in [0.25, 0.3) is 5.78 Å². The van der Waals surface area contributed by atoms with Gasteiger partial charge < -0.3 is 5.11 Å². The van der Waals surface area contributed by atoms with E-state index in [1.54, 1.807) is 60.0 Å². The van der Waals surface area contributed by atoms with Crippen LogP contribution in [-0.2, 0) is 15.3 Å². The van der Waals surface area contributed by atoms with E-state index in [0.29, 0.717) is 21.2 Å². The van der Waals surface area contributed by atoms with Crippen molar-refractivity contribution in [2.45, 2.75) is 23.1 Å². The molecule has 4 heterocycles. The maximum absolute atomic E-state index is 15.2. The van der Waals surface area contributed by atoms with Crippen LogP contribution in [0.25, 0.3) is 11.4 Å². The minimum Gasteiger partial charge on any atom is -0.505 e. The first kappa shape index (κ1) is 25.8. The number of aliphatic hydroxyl groups excluding tert-OH is 1. The number of carbonyl (C=O) groups excluding carboxylic acids is 2. The molecular formula is C28H19F2N5O3S2. The Morgan fingerprint density at radius 2 is 1.73 bits per heavy atom. The van der Waals surface area contributed by atoms with Gasteiger partial charge in [0.05, 0.1) is 11.3 Å². The van der Waals surface area contributed by atoms with E-state index >= 15 is 4.39 Å². The molecular weight excluding hydrogens is 556 g/mol. The lowest BCUT2D eigenvalue weighted by molar-refractivity contribution is -0.132. The fourth-order valence-electron chi connectivity index (χ4n) is 4.66. The summed E-state index contributed by atoms with van der Waals surface area (Å²) in [6, 6.07) is 16.0. The Morgan fingerprint density at radius 3 is 2.50 bits per heavy atom. The number of hydrogen-bond donors (Lipinski definition) is 1. The molecule has 200 valence electrons. The van der Waals surface area contributed by atoms with E-state index in [1.165, 1.54) is 36.0 Å². The fraction of sp³-hybridized carbons (Fsp3) is 0.107. The van der Waals surface area contributed by atoms with Gasteiger partial charge in [-0.3, -0.25) is 18.9 Å². The molecule has 1 N–H and O–H groups in total. The van der Waals surface area contributed by atoms with Crippen LogP contribution in [0.15, 0.2) is 82.8 Å². The van der Waals surface area contributed by atoms with Crippen LogP contribution in [0.3, 0.4) is 0 Å². The van der Waals surface area contributed by atoms with E-state index in [9.17, 15) is 19.1 Å². The Balaban J connectivity index is 1.45. The van der Waals surface area contributed by atoms with Crippen LogP contribution in [0.2, 0.25) is 0 Å². The van der Waals surface area contributed by atoms with E-state index in [0.717, 1.165) is 16.2 Å². The van der Waals surface area contributed by atoms with Crippen molar-refractivity contribution in [1.29, 1.82) is 0 Å². The number of benzene rings is 2. The highest BCUT2D eigenvalue weighted by Crippen LogP contribution is 2.45. The first-order valence-corrected chi connectivity index (χ1v) is 13.8. The van der Waals surface area contributed by atoms with Gasteiger partial charge in [0.1, 0.15) is 29.0 Å². The van der Waals surface area contributed by atoms with Crippen molar-refractivity contribution in [3.63, 3.8) is 0 Å². The maximum Gasteiger partial charge on any atom is 0.301 e. The molecule has 1 aliphatic heterocycles. The monoisotopic (exact) mass is 575 g/mol. The molecule has 3 aromatic heterocycles. The lowest BCUT2D eigenvalue weighted by Crippen LogP contribution is -2.29. The molecule has 1 amide bonds. The molecule has 1 fully saturated rings. The normalized spacial score (nSPS) is 16.8. The summed E-state index contributed by atoms with van der Waals surface area (Å²) >= 11 is 2.22. The van der Waals surface area contributed by atoms with Crippen molar-refractivity contribution in [1.82, 2.24) is 19.6 Å². The third kappa shape index (κ3) is 4.34. The second kappa shape index (κ2) is 10.3. The summed E-state index contributed by atoms with van der Waals surface area (Å²) in [6.07, 6.45) is 1.67. The molecule has 1 saturated heterocycles. The van der Waals surface area contributed by atoms with Gasteiger partial charge in [-0.15, -0.1) is 10.2 Å². The average molecular weight is 576 g/mol. The topological polar surface area (TPSA) is 101 Å². The van der Waals surface area contributed by atoms with E-state index in [2.05, 4.69) is 15.2 Å². The predicted molar refractivity (Wildman–Crippen MR) is 147 cm³/mol. The second-order valence-corrected chi connectivity index (χ2v) is 11.1. The summed E-state index contributed by atoms with van der Waals surface area (Å²) < 4.78 is 31.3. The van der Waals surface area contributed by atoms with Crippen LogP contribution in [-0.4, -0.2) is 36.4 Å². The van der Waals surface area contributed by atoms with Gasteiger partial charge >= 0.3 is 5.91 Å². The van der Waals surface area contributed by atoms with Gasteiger partial charge in [0.2, 0.25) is 5.13 Å². The molecule has 8 nitrogen and oxygen atoms in total. The van der Waals surface area contributed by atoms with Crippen LogP contribution >= 0.6 is 23.1 Å². The van der Waals surface area contributed by atoms with E-state index in [1.807, 2.05) is 0 Å². The number of nitrogens with zero attached hydrogens (tertiary/aromatic N) is 5. The van der Waals surface area contributed by atoms with Crippen LogP contribution in [0.4, 0.5) is 13.9 Å². The Labute approximate surface area is 234 Å². The summed E-state index contributed by atoms with van der Waals surface area (Å²) in [4.78, 5) is 32.4. The molecule has 0 radical (unpaired) electrons. The molecule has 0 saturated carbocycles. The quantitative estimate of drug-likeness (QED) is 0.0913. The number of pyridine rings is 1. The van der Waals surface area contributed by atoms with E-state index in [4.69, 9.17) is 0 Å². The molecule has 1 unspecified atom stereocenters. The van der Waals surface area contributed by atoms with Gasteiger partial charge in [-0.2, -0.15) is 0 Å². The number of aliphatic hydroxyl groups is 1. The molecule has 6 rings (SSSR count). The largest absolute Gasteiger partial charge is 0.505 e. The van der Waals surface area contributed by atoms with E-state index < -0.39 is 29.3 Å². The SMILES string of the molecule is Cc1nc2ccccn2c1/C(O)=C1\C(=O)C(=O)N(c2nnc(SCc3ccccc3F)s2)C1c1ccccc1F. The van der Waals surface area contributed by atoms with Gasteiger partial charge in [-0.05, 0) is 36.8 Å². The Bertz CT molecular complexity index is 1830. The highest BCUT2D eigenvalue weighted by molar-refractivity contribution is 8.00. The predicted octanol–water partition coefficient (Wildman–Crippen LogP) is 5.69. The smallest absolute Gasteiger partial charge is 0.301 e. The molecule has 5 aromatic rings. The number of Topliss-reactive ketones (excluding diaryl/α,β-unsaturated/α-hetero) is 1. The standard InChI is InChI=1S/C28H19F2N5O3S2/c1-15-22(34-13-7-6-12-20(34)31-15)24(36)21-23(17-9-3-5-11-19(17)30)35(26(38)25(21)37)27-32-33-28(40-27)39-14-16-8-2-4-10-18(16)29/h2-13,23,36H,14H2,1H3/b24-21+. The molecule has 0 aliphatic carbocycles. The zero-order chi connectivity index (χ0) is 28.0. The number of aryl methyl sites for hydroxylation is 1. The third-order valence-corrected chi connectivity index (χ3v) is 8.59. The van der Waals surface area contributed by atoms with Gasteiger partial charge in [-0.1, -0.05) is 65.6 Å². The molecule has 1 atom stereocenters. The summed E-state index contributed by atoms with van der Waals surface area (Å²) in [5.74, 6) is -3.21. The average Bonchev–Trinajstić information content (AvgIpc) is 3.62. The van der Waals surface area contributed by atoms with Crippen LogP contribution in [0.5, 0.6) is 0 Å². The molecule has 0 bridgehead atoms. The van der Waals surface area contributed by atoms with Crippen LogP contribution < -0.4 is 4.90 Å². The van der Waals surface area contributed by atoms with Crippen molar-refractivity contribution >= 4 is 51.3 Å².